The van der Waals surface area contributed by atoms with Crippen LogP contribution in [0.4, 0.5) is 0 Å². The van der Waals surface area contributed by atoms with Gasteiger partial charge in [-0.15, -0.1) is 0 Å². The molecule has 0 unspecified atom stereocenters. The molecule has 0 fully saturated rings. The molecule has 0 saturated carbocycles. The fraction of sp³-hybridized carbons (Fsp3) is 0.833. The summed E-state index contributed by atoms with van der Waals surface area (Å²) in [7, 11) is 0. The fourth-order valence-corrected chi connectivity index (χ4v) is 0.599. The van der Waals surface area contributed by atoms with E-state index in [4.69, 9.17) is 30.8 Å². The lowest BCUT2D eigenvalue weighted by atomic mass is 10.0. The third-order valence-corrected chi connectivity index (χ3v) is 1.39. The normalized spacial score (nSPS) is 20.7. The van der Waals surface area contributed by atoms with Gasteiger partial charge in [0, 0.05) is 0 Å². The van der Waals surface area contributed by atoms with Crippen LogP contribution in [0.5, 0.6) is 0 Å². The molecule has 0 rings (SSSR count). The quantitative estimate of drug-likeness (QED) is 0.290. The number of hydrogen-bond donors (Lipinski definition) is 5. The molecule has 0 aromatic heterocycles. The predicted molar refractivity (Wildman–Crippen MR) is 36.7 cm³/mol. The smallest absolute Gasteiger partial charge is 0.168 e. The third-order valence-electron chi connectivity index (χ3n) is 1.39. The number of nitriles is 1. The molecule has 0 saturated heterocycles. The summed E-state index contributed by atoms with van der Waals surface area (Å²) in [6.45, 7) is -0.754. The Bertz CT molecular complexity index is 168. The Morgan fingerprint density at radius 3 is 1.92 bits per heavy atom. The van der Waals surface area contributed by atoms with Gasteiger partial charge in [0.1, 0.15) is 18.3 Å². The topological polar surface area (TPSA) is 125 Å². The Morgan fingerprint density at radius 1 is 1.08 bits per heavy atom. The van der Waals surface area contributed by atoms with E-state index in [9.17, 15) is 0 Å². The number of hydrogen-bond acceptors (Lipinski definition) is 6. The van der Waals surface area contributed by atoms with Crippen molar-refractivity contribution in [1.29, 1.82) is 5.26 Å². The van der Waals surface area contributed by atoms with Crippen LogP contribution in [-0.2, 0) is 0 Å². The zero-order valence-corrected chi connectivity index (χ0v) is 6.20. The maximum atomic E-state index is 8.92. The van der Waals surface area contributed by atoms with E-state index in [2.05, 4.69) is 0 Å². The average Bonchev–Trinajstić information content (AvgIpc) is 2.12. The van der Waals surface area contributed by atoms with Gasteiger partial charge in [0.25, 0.3) is 0 Å². The lowest BCUT2D eigenvalue weighted by Crippen LogP contribution is -2.45. The van der Waals surface area contributed by atoms with Gasteiger partial charge in [-0.2, -0.15) is 5.26 Å². The second kappa shape index (κ2) is 5.03. The molecule has 0 aromatic rings. The molecular formula is C6H11NO5. The summed E-state index contributed by atoms with van der Waals surface area (Å²) in [5.41, 5.74) is 0. The largest absolute Gasteiger partial charge is 0.394 e. The first kappa shape index (κ1) is 11.3. The zero-order chi connectivity index (χ0) is 9.72. The standard InChI is InChI=1S/C6H11NO5/c7-1-3(9)5(11)6(12)4(10)2-8/h3-6,8-12H,2H2/t3-,4+,5+,6+/m0/s1. The first-order valence-corrected chi connectivity index (χ1v) is 3.27. The van der Waals surface area contributed by atoms with Gasteiger partial charge in [0.05, 0.1) is 12.7 Å². The summed E-state index contributed by atoms with van der Waals surface area (Å²) < 4.78 is 0. The highest BCUT2D eigenvalue weighted by atomic mass is 16.4. The summed E-state index contributed by atoms with van der Waals surface area (Å²) in [5, 5.41) is 51.7. The van der Waals surface area contributed by atoms with Crippen LogP contribution in [0.1, 0.15) is 0 Å². The summed E-state index contributed by atoms with van der Waals surface area (Å²) >= 11 is 0. The lowest BCUT2D eigenvalue weighted by molar-refractivity contribution is -0.103. The molecule has 70 valence electrons. The van der Waals surface area contributed by atoms with Crippen LogP contribution in [0.2, 0.25) is 0 Å². The van der Waals surface area contributed by atoms with Gasteiger partial charge in [-0.3, -0.25) is 0 Å². The van der Waals surface area contributed by atoms with Crippen LogP contribution in [0.15, 0.2) is 0 Å². The van der Waals surface area contributed by atoms with E-state index < -0.39 is 31.0 Å². The fourth-order valence-electron chi connectivity index (χ4n) is 0.599. The van der Waals surface area contributed by atoms with Crippen LogP contribution < -0.4 is 0 Å². The van der Waals surface area contributed by atoms with Crippen molar-refractivity contribution in [3.63, 3.8) is 0 Å². The molecule has 0 heterocycles. The molecule has 0 radical (unpaired) electrons. The third kappa shape index (κ3) is 2.73. The highest BCUT2D eigenvalue weighted by Crippen LogP contribution is 2.03. The Balaban J connectivity index is 4.10. The molecule has 0 spiro atoms. The van der Waals surface area contributed by atoms with Crippen molar-refractivity contribution < 1.29 is 25.5 Å². The van der Waals surface area contributed by atoms with Crippen molar-refractivity contribution >= 4 is 0 Å². The second-order valence-corrected chi connectivity index (χ2v) is 2.31. The van der Waals surface area contributed by atoms with Gasteiger partial charge in [-0.05, 0) is 0 Å². The lowest BCUT2D eigenvalue weighted by Gasteiger charge is -2.21. The first-order chi connectivity index (χ1) is 5.54. The minimum Gasteiger partial charge on any atom is -0.394 e. The Labute approximate surface area is 68.9 Å². The predicted octanol–water partition coefficient (Wildman–Crippen LogP) is -3.05. The highest BCUT2D eigenvalue weighted by Gasteiger charge is 2.29. The summed E-state index contributed by atoms with van der Waals surface area (Å²) in [6.07, 6.45) is -6.86. The molecule has 0 amide bonds. The first-order valence-electron chi connectivity index (χ1n) is 3.27. The van der Waals surface area contributed by atoms with Gasteiger partial charge >= 0.3 is 0 Å². The van der Waals surface area contributed by atoms with E-state index in [1.807, 2.05) is 0 Å². The molecule has 0 aliphatic rings. The molecule has 0 aliphatic heterocycles. The van der Waals surface area contributed by atoms with E-state index in [0.717, 1.165) is 0 Å². The van der Waals surface area contributed by atoms with Crippen LogP contribution >= 0.6 is 0 Å². The van der Waals surface area contributed by atoms with Gasteiger partial charge in [-0.1, -0.05) is 0 Å². The van der Waals surface area contributed by atoms with Gasteiger partial charge < -0.3 is 25.5 Å². The van der Waals surface area contributed by atoms with Crippen LogP contribution in [-0.4, -0.2) is 56.6 Å². The van der Waals surface area contributed by atoms with Crippen molar-refractivity contribution in [3.05, 3.63) is 0 Å². The van der Waals surface area contributed by atoms with E-state index in [1.165, 1.54) is 6.07 Å². The van der Waals surface area contributed by atoms with E-state index in [0.29, 0.717) is 0 Å². The van der Waals surface area contributed by atoms with E-state index >= 15 is 0 Å². The molecular weight excluding hydrogens is 166 g/mol. The van der Waals surface area contributed by atoms with Gasteiger partial charge in [0.15, 0.2) is 6.10 Å². The van der Waals surface area contributed by atoms with Gasteiger partial charge in [-0.25, -0.2) is 0 Å². The molecule has 6 heteroatoms. The van der Waals surface area contributed by atoms with Crippen LogP contribution in [0, 0.1) is 11.3 Å². The van der Waals surface area contributed by atoms with Crippen LogP contribution in [0.3, 0.4) is 0 Å². The van der Waals surface area contributed by atoms with Gasteiger partial charge in [0.2, 0.25) is 0 Å². The van der Waals surface area contributed by atoms with Crippen molar-refractivity contribution in [1.82, 2.24) is 0 Å². The van der Waals surface area contributed by atoms with Crippen LogP contribution in [0.25, 0.3) is 0 Å². The van der Waals surface area contributed by atoms with Crippen molar-refractivity contribution in [2.45, 2.75) is 24.4 Å². The maximum absolute atomic E-state index is 8.92. The molecule has 0 aliphatic carbocycles. The summed E-state index contributed by atoms with van der Waals surface area (Å²) in [6, 6.07) is 1.28. The minimum absolute atomic E-state index is 0.754. The Morgan fingerprint density at radius 2 is 1.58 bits per heavy atom. The number of aliphatic hydroxyl groups excluding tert-OH is 5. The van der Waals surface area contributed by atoms with Crippen molar-refractivity contribution in [2.75, 3.05) is 6.61 Å². The Kier molecular flexibility index (Phi) is 4.73. The number of aliphatic hydroxyl groups is 5. The number of rotatable bonds is 4. The molecule has 12 heavy (non-hydrogen) atoms. The number of nitrogens with zero attached hydrogens (tertiary/aromatic N) is 1. The molecule has 0 bridgehead atoms. The summed E-state index contributed by atoms with van der Waals surface area (Å²) in [5.74, 6) is 0. The molecule has 5 N–H and O–H groups in total. The van der Waals surface area contributed by atoms with E-state index in [-0.39, 0.29) is 0 Å². The average molecular weight is 177 g/mol. The molecule has 6 nitrogen and oxygen atoms in total. The zero-order valence-electron chi connectivity index (χ0n) is 6.20. The van der Waals surface area contributed by atoms with Crippen molar-refractivity contribution in [3.8, 4) is 6.07 Å². The molecule has 4 atom stereocenters. The maximum Gasteiger partial charge on any atom is 0.168 e. The van der Waals surface area contributed by atoms with Crippen molar-refractivity contribution in [2.24, 2.45) is 0 Å². The summed E-state index contributed by atoms with van der Waals surface area (Å²) in [4.78, 5) is 0. The van der Waals surface area contributed by atoms with E-state index in [1.54, 1.807) is 0 Å². The Hall–Kier alpha value is -0.710. The second-order valence-electron chi connectivity index (χ2n) is 2.31. The SMILES string of the molecule is N#C[C@H](O)[C@@H](O)[C@H](O)[C@H](O)CO. The molecule has 0 aromatic carbocycles. The highest BCUT2D eigenvalue weighted by molar-refractivity contribution is 4.93. The minimum atomic E-state index is -1.78. The monoisotopic (exact) mass is 177 g/mol.